The molecule has 0 spiro atoms. The van der Waals surface area contributed by atoms with Crippen molar-refractivity contribution in [3.05, 3.63) is 53.6 Å². The summed E-state index contributed by atoms with van der Waals surface area (Å²) in [6.45, 7) is 6.26. The van der Waals surface area contributed by atoms with Crippen LogP contribution in [0.2, 0.25) is 0 Å². The zero-order chi connectivity index (χ0) is 20.3. The van der Waals surface area contributed by atoms with Gasteiger partial charge >= 0.3 is 0 Å². The molecule has 2 aromatic rings. The summed E-state index contributed by atoms with van der Waals surface area (Å²) < 4.78 is 17.6. The third kappa shape index (κ3) is 4.58. The summed E-state index contributed by atoms with van der Waals surface area (Å²) in [6, 6.07) is 14.4. The fourth-order valence-electron chi connectivity index (χ4n) is 3.79. The van der Waals surface area contributed by atoms with Gasteiger partial charge in [0.25, 0.3) is 0 Å². The van der Waals surface area contributed by atoms with Gasteiger partial charge in [0, 0.05) is 32.0 Å². The molecule has 29 heavy (non-hydrogen) atoms. The van der Waals surface area contributed by atoms with Crippen molar-refractivity contribution < 1.29 is 14.2 Å². The summed E-state index contributed by atoms with van der Waals surface area (Å²) >= 11 is 0. The molecule has 0 aromatic heterocycles. The van der Waals surface area contributed by atoms with Gasteiger partial charge in [-0.15, -0.1) is 0 Å². The molecule has 6 nitrogen and oxygen atoms in total. The molecule has 1 unspecified atom stereocenters. The molecule has 154 valence electrons. The lowest BCUT2D eigenvalue weighted by Crippen LogP contribution is -2.45. The van der Waals surface area contributed by atoms with E-state index in [0.29, 0.717) is 19.8 Å². The maximum atomic E-state index is 6.13. The highest BCUT2D eigenvalue weighted by molar-refractivity contribution is 5.80. The summed E-state index contributed by atoms with van der Waals surface area (Å²) in [6.07, 6.45) is 1.76. The molecule has 0 amide bonds. The first-order chi connectivity index (χ1) is 14.0. The van der Waals surface area contributed by atoms with E-state index in [1.54, 1.807) is 7.05 Å². The Morgan fingerprint density at radius 3 is 2.69 bits per heavy atom. The molecule has 2 aromatic carbocycles. The number of hydrogen-bond acceptors (Lipinski definition) is 4. The Balaban J connectivity index is 1.44. The van der Waals surface area contributed by atoms with E-state index in [1.807, 2.05) is 30.3 Å². The maximum Gasteiger partial charge on any atom is 0.191 e. The van der Waals surface area contributed by atoms with Crippen LogP contribution in [-0.2, 0) is 6.54 Å². The Kier molecular flexibility index (Phi) is 5.51. The minimum absolute atomic E-state index is 0.130. The smallest absolute Gasteiger partial charge is 0.191 e. The lowest BCUT2D eigenvalue weighted by Gasteiger charge is -2.38. The van der Waals surface area contributed by atoms with Crippen molar-refractivity contribution in [3.8, 4) is 17.2 Å². The van der Waals surface area contributed by atoms with E-state index >= 15 is 0 Å². The van der Waals surface area contributed by atoms with Crippen LogP contribution >= 0.6 is 0 Å². The van der Waals surface area contributed by atoms with Crippen molar-refractivity contribution >= 4 is 5.96 Å². The highest BCUT2D eigenvalue weighted by atomic mass is 16.5. The van der Waals surface area contributed by atoms with Gasteiger partial charge in [-0.1, -0.05) is 24.3 Å². The third-order valence-electron chi connectivity index (χ3n) is 5.18. The van der Waals surface area contributed by atoms with E-state index in [9.17, 15) is 0 Å². The second kappa shape index (κ2) is 8.23. The van der Waals surface area contributed by atoms with Crippen LogP contribution < -0.4 is 24.8 Å². The van der Waals surface area contributed by atoms with Crippen LogP contribution in [0.15, 0.2) is 47.5 Å². The quantitative estimate of drug-likeness (QED) is 0.611. The van der Waals surface area contributed by atoms with E-state index in [0.717, 1.165) is 47.2 Å². The van der Waals surface area contributed by atoms with Gasteiger partial charge in [-0.05, 0) is 37.6 Å². The van der Waals surface area contributed by atoms with Gasteiger partial charge < -0.3 is 24.8 Å². The van der Waals surface area contributed by atoms with Crippen LogP contribution in [-0.4, -0.2) is 31.8 Å². The minimum Gasteiger partial charge on any atom is -0.490 e. The van der Waals surface area contributed by atoms with E-state index in [4.69, 9.17) is 14.2 Å². The Hall–Kier alpha value is -2.89. The fourth-order valence-corrected chi connectivity index (χ4v) is 3.79. The second-order valence-corrected chi connectivity index (χ2v) is 8.06. The fraction of sp³-hybridized carbons (Fsp3) is 0.435. The average molecular weight is 396 g/mol. The molecule has 0 radical (unpaired) electrons. The first-order valence-electron chi connectivity index (χ1n) is 10.2. The van der Waals surface area contributed by atoms with Gasteiger partial charge in [0.15, 0.2) is 17.5 Å². The van der Waals surface area contributed by atoms with Crippen LogP contribution in [0.25, 0.3) is 0 Å². The molecule has 0 fully saturated rings. The van der Waals surface area contributed by atoms with Crippen LogP contribution in [0.5, 0.6) is 17.2 Å². The number of rotatable bonds is 3. The maximum absolute atomic E-state index is 6.13. The number of ether oxygens (including phenoxy) is 3. The molecule has 6 heteroatoms. The predicted molar refractivity (Wildman–Crippen MR) is 114 cm³/mol. The van der Waals surface area contributed by atoms with Crippen molar-refractivity contribution in [2.24, 2.45) is 4.99 Å². The number of guanidine groups is 1. The Bertz CT molecular complexity index is 895. The highest BCUT2D eigenvalue weighted by Gasteiger charge is 2.33. The van der Waals surface area contributed by atoms with Crippen molar-refractivity contribution in [1.82, 2.24) is 10.6 Å². The second-order valence-electron chi connectivity index (χ2n) is 8.06. The first kappa shape index (κ1) is 19.4. The van der Waals surface area contributed by atoms with Crippen molar-refractivity contribution in [2.45, 2.75) is 44.9 Å². The molecule has 0 aliphatic carbocycles. The number of fused-ring (bicyclic) bond motifs is 2. The van der Waals surface area contributed by atoms with Gasteiger partial charge in [-0.25, -0.2) is 0 Å². The molecule has 4 rings (SSSR count). The number of nitrogens with one attached hydrogen (secondary N) is 2. The van der Waals surface area contributed by atoms with Crippen LogP contribution in [0.4, 0.5) is 0 Å². The molecule has 2 N–H and O–H groups in total. The number of hydrogen-bond donors (Lipinski definition) is 2. The Morgan fingerprint density at radius 2 is 1.86 bits per heavy atom. The first-order valence-corrected chi connectivity index (χ1v) is 10.2. The summed E-state index contributed by atoms with van der Waals surface area (Å²) in [5, 5.41) is 6.98. The van der Waals surface area contributed by atoms with Gasteiger partial charge in [-0.2, -0.15) is 0 Å². The number of aliphatic imine (C=N–C) groups is 1. The van der Waals surface area contributed by atoms with Gasteiger partial charge in [-0.3, -0.25) is 4.99 Å². The molecule has 0 saturated carbocycles. The zero-order valence-corrected chi connectivity index (χ0v) is 17.3. The van der Waals surface area contributed by atoms with E-state index in [-0.39, 0.29) is 11.6 Å². The summed E-state index contributed by atoms with van der Waals surface area (Å²) in [5.41, 5.74) is 2.04. The van der Waals surface area contributed by atoms with E-state index < -0.39 is 0 Å². The SMILES string of the molecule is CN=C(NCc1ccc2c(c1)OCCCO2)NC1CC(C)(C)Oc2ccccc21. The third-order valence-corrected chi connectivity index (χ3v) is 5.18. The van der Waals surface area contributed by atoms with Gasteiger partial charge in [0.2, 0.25) is 0 Å². The monoisotopic (exact) mass is 395 g/mol. The molecule has 1 atom stereocenters. The molecule has 2 heterocycles. The summed E-state index contributed by atoms with van der Waals surface area (Å²) in [4.78, 5) is 4.42. The average Bonchev–Trinajstić information content (AvgIpc) is 2.95. The Morgan fingerprint density at radius 1 is 1.07 bits per heavy atom. The lowest BCUT2D eigenvalue weighted by molar-refractivity contribution is 0.0694. The summed E-state index contributed by atoms with van der Waals surface area (Å²) in [7, 11) is 1.79. The lowest BCUT2D eigenvalue weighted by atomic mass is 9.90. The summed E-state index contributed by atoms with van der Waals surface area (Å²) in [5.74, 6) is 3.31. The van der Waals surface area contributed by atoms with E-state index in [2.05, 4.69) is 41.6 Å². The van der Waals surface area contributed by atoms with Crippen molar-refractivity contribution in [3.63, 3.8) is 0 Å². The standard InChI is InChI=1S/C23H29N3O3/c1-23(2)14-18(17-7-4-5-8-19(17)29-23)26-22(24-3)25-15-16-9-10-20-21(13-16)28-12-6-11-27-20/h4-5,7-10,13,18H,6,11-12,14-15H2,1-3H3,(H2,24,25,26). The number of nitrogens with zero attached hydrogens (tertiary/aromatic N) is 1. The minimum atomic E-state index is -0.237. The number of benzene rings is 2. The topological polar surface area (TPSA) is 64.1 Å². The molecule has 2 aliphatic heterocycles. The van der Waals surface area contributed by atoms with Crippen molar-refractivity contribution in [1.29, 1.82) is 0 Å². The van der Waals surface area contributed by atoms with Gasteiger partial charge in [0.05, 0.1) is 19.3 Å². The van der Waals surface area contributed by atoms with Crippen LogP contribution in [0, 0.1) is 0 Å². The molecule has 2 aliphatic rings. The molecule has 0 bridgehead atoms. The van der Waals surface area contributed by atoms with Crippen molar-refractivity contribution in [2.75, 3.05) is 20.3 Å². The van der Waals surface area contributed by atoms with Crippen LogP contribution in [0.3, 0.4) is 0 Å². The normalized spacial score (nSPS) is 20.1. The van der Waals surface area contributed by atoms with Gasteiger partial charge in [0.1, 0.15) is 11.4 Å². The zero-order valence-electron chi connectivity index (χ0n) is 17.3. The molecule has 0 saturated heterocycles. The number of para-hydroxylation sites is 1. The molecular formula is C23H29N3O3. The van der Waals surface area contributed by atoms with Crippen LogP contribution in [0.1, 0.15) is 43.9 Å². The Labute approximate surface area is 172 Å². The molecular weight excluding hydrogens is 366 g/mol. The highest BCUT2D eigenvalue weighted by Crippen LogP contribution is 2.39. The largest absolute Gasteiger partial charge is 0.490 e. The predicted octanol–water partition coefficient (Wildman–Crippen LogP) is 3.82. The van der Waals surface area contributed by atoms with E-state index in [1.165, 1.54) is 0 Å².